The predicted octanol–water partition coefficient (Wildman–Crippen LogP) is 2.95. The highest BCUT2D eigenvalue weighted by Crippen LogP contribution is 2.32. The molecule has 1 atom stereocenters. The van der Waals surface area contributed by atoms with E-state index in [-0.39, 0.29) is 17.7 Å². The van der Waals surface area contributed by atoms with Crippen molar-refractivity contribution < 1.29 is 19.1 Å². The van der Waals surface area contributed by atoms with E-state index in [0.717, 1.165) is 25.1 Å². The molecule has 0 spiro atoms. The number of carbonyl (C=O) groups is 2. The summed E-state index contributed by atoms with van der Waals surface area (Å²) in [4.78, 5) is 29.0. The van der Waals surface area contributed by atoms with Crippen molar-refractivity contribution in [2.24, 2.45) is 11.3 Å². The predicted molar refractivity (Wildman–Crippen MR) is 102 cm³/mol. The molecule has 1 heterocycles. The van der Waals surface area contributed by atoms with Crippen LogP contribution in [0.5, 0.6) is 11.5 Å². The number of piperidine rings is 1. The summed E-state index contributed by atoms with van der Waals surface area (Å²) in [5.74, 6) is 1.13. The van der Waals surface area contributed by atoms with Gasteiger partial charge in [-0.15, -0.1) is 0 Å². The van der Waals surface area contributed by atoms with E-state index in [1.165, 1.54) is 0 Å². The van der Waals surface area contributed by atoms with Crippen molar-refractivity contribution in [3.63, 3.8) is 0 Å². The summed E-state index contributed by atoms with van der Waals surface area (Å²) >= 11 is 0. The Morgan fingerprint density at radius 3 is 2.38 bits per heavy atom. The van der Waals surface area contributed by atoms with E-state index >= 15 is 0 Å². The lowest BCUT2D eigenvalue weighted by molar-refractivity contribution is -0.142. The van der Waals surface area contributed by atoms with Crippen molar-refractivity contribution in [1.82, 2.24) is 4.90 Å². The molecule has 26 heavy (non-hydrogen) atoms. The zero-order chi connectivity index (χ0) is 19.5. The molecule has 0 N–H and O–H groups in total. The number of carbonyl (C=O) groups excluding carboxylic acids is 2. The van der Waals surface area contributed by atoms with E-state index in [9.17, 15) is 9.59 Å². The lowest BCUT2D eigenvalue weighted by atomic mass is 9.90. The highest BCUT2D eigenvalue weighted by Gasteiger charge is 2.34. The van der Waals surface area contributed by atoms with Gasteiger partial charge >= 0.3 is 0 Å². The minimum Gasteiger partial charge on any atom is -0.493 e. The van der Waals surface area contributed by atoms with E-state index in [2.05, 4.69) is 0 Å². The van der Waals surface area contributed by atoms with Crippen molar-refractivity contribution in [3.8, 4) is 11.5 Å². The summed E-state index contributed by atoms with van der Waals surface area (Å²) in [6.45, 7) is 6.94. The second-order valence-electron chi connectivity index (χ2n) is 7.78. The lowest BCUT2D eigenvalue weighted by Crippen LogP contribution is -2.49. The smallest absolute Gasteiger partial charge is 0.231 e. The molecule has 1 fully saturated rings. The van der Waals surface area contributed by atoms with Gasteiger partial charge in [-0.05, 0) is 25.0 Å². The van der Waals surface area contributed by atoms with Crippen LogP contribution >= 0.6 is 0 Å². The quantitative estimate of drug-likeness (QED) is 0.826. The van der Waals surface area contributed by atoms with Gasteiger partial charge in [0.2, 0.25) is 11.8 Å². The van der Waals surface area contributed by atoms with Crippen molar-refractivity contribution >= 4 is 17.5 Å². The highest BCUT2D eigenvalue weighted by atomic mass is 16.5. The fourth-order valence-electron chi connectivity index (χ4n) is 3.27. The molecule has 0 bridgehead atoms. The molecule has 1 aromatic rings. The molecule has 6 nitrogen and oxygen atoms in total. The largest absolute Gasteiger partial charge is 0.493 e. The number of ether oxygens (including phenoxy) is 2. The summed E-state index contributed by atoms with van der Waals surface area (Å²) in [6, 6.07) is 5.41. The van der Waals surface area contributed by atoms with E-state index in [1.54, 1.807) is 38.3 Å². The Hall–Kier alpha value is -2.24. The van der Waals surface area contributed by atoms with Gasteiger partial charge in [0.15, 0.2) is 11.5 Å². The minimum absolute atomic E-state index is 0.0172. The molecule has 0 radical (unpaired) electrons. The van der Waals surface area contributed by atoms with Crippen LogP contribution in [0, 0.1) is 11.3 Å². The molecule has 6 heteroatoms. The lowest BCUT2D eigenvalue weighted by Gasteiger charge is -2.37. The number of hydrogen-bond donors (Lipinski definition) is 0. The molecule has 2 amide bonds. The number of amides is 2. The summed E-state index contributed by atoms with van der Waals surface area (Å²) in [6.07, 6.45) is 1.64. The number of anilines is 1. The van der Waals surface area contributed by atoms with Crippen LogP contribution in [0.3, 0.4) is 0 Å². The van der Waals surface area contributed by atoms with Gasteiger partial charge in [-0.25, -0.2) is 0 Å². The van der Waals surface area contributed by atoms with Gasteiger partial charge in [-0.3, -0.25) is 9.59 Å². The van der Waals surface area contributed by atoms with Gasteiger partial charge in [0.25, 0.3) is 0 Å². The zero-order valence-electron chi connectivity index (χ0n) is 16.7. The zero-order valence-corrected chi connectivity index (χ0v) is 16.7. The van der Waals surface area contributed by atoms with Crippen LogP contribution in [0.1, 0.15) is 33.6 Å². The van der Waals surface area contributed by atoms with Gasteiger partial charge in [0, 0.05) is 37.3 Å². The average molecular weight is 362 g/mol. The van der Waals surface area contributed by atoms with Crippen LogP contribution in [0.2, 0.25) is 0 Å². The monoisotopic (exact) mass is 362 g/mol. The Labute approximate surface area is 156 Å². The Bertz CT molecular complexity index is 666. The first-order chi connectivity index (χ1) is 12.2. The summed E-state index contributed by atoms with van der Waals surface area (Å²) in [5, 5.41) is 0. The van der Waals surface area contributed by atoms with E-state index < -0.39 is 5.41 Å². The van der Waals surface area contributed by atoms with Gasteiger partial charge < -0.3 is 19.3 Å². The van der Waals surface area contributed by atoms with Crippen LogP contribution in [0.4, 0.5) is 5.69 Å². The average Bonchev–Trinajstić information content (AvgIpc) is 2.64. The number of nitrogens with zero attached hydrogens (tertiary/aromatic N) is 2. The number of benzene rings is 1. The summed E-state index contributed by atoms with van der Waals surface area (Å²) in [7, 11) is 4.91. The topological polar surface area (TPSA) is 59.1 Å². The first-order valence-electron chi connectivity index (χ1n) is 8.98. The Morgan fingerprint density at radius 1 is 1.15 bits per heavy atom. The molecule has 0 aliphatic carbocycles. The van der Waals surface area contributed by atoms with E-state index in [0.29, 0.717) is 18.0 Å². The molecule has 1 aliphatic rings. The second kappa shape index (κ2) is 7.98. The summed E-state index contributed by atoms with van der Waals surface area (Å²) < 4.78 is 10.6. The van der Waals surface area contributed by atoms with Crippen molar-refractivity contribution in [1.29, 1.82) is 0 Å². The summed E-state index contributed by atoms with van der Waals surface area (Å²) in [5.41, 5.74) is 0.312. The van der Waals surface area contributed by atoms with E-state index in [4.69, 9.17) is 9.47 Å². The Kier molecular flexibility index (Phi) is 6.16. The fourth-order valence-corrected chi connectivity index (χ4v) is 3.27. The van der Waals surface area contributed by atoms with Gasteiger partial charge in [0.1, 0.15) is 0 Å². The molecule has 1 aromatic carbocycles. The van der Waals surface area contributed by atoms with Gasteiger partial charge in [0.05, 0.1) is 20.1 Å². The fraction of sp³-hybridized carbons (Fsp3) is 0.600. The second-order valence-corrected chi connectivity index (χ2v) is 7.78. The molecule has 1 unspecified atom stereocenters. The van der Waals surface area contributed by atoms with Crippen molar-refractivity contribution in [3.05, 3.63) is 18.2 Å². The molecule has 1 saturated heterocycles. The molecule has 0 saturated carbocycles. The molecule has 144 valence electrons. The first kappa shape index (κ1) is 20.1. The number of rotatable bonds is 4. The molecular weight excluding hydrogens is 332 g/mol. The highest BCUT2D eigenvalue weighted by molar-refractivity contribution is 5.95. The maximum absolute atomic E-state index is 13.0. The normalized spacial score (nSPS) is 17.6. The third-order valence-electron chi connectivity index (χ3n) is 4.78. The van der Waals surface area contributed by atoms with Crippen molar-refractivity contribution in [2.75, 3.05) is 39.3 Å². The number of methoxy groups -OCH3 is 2. The van der Waals surface area contributed by atoms with Gasteiger partial charge in [-0.2, -0.15) is 0 Å². The maximum atomic E-state index is 13.0. The molecule has 1 aliphatic heterocycles. The number of hydrogen-bond acceptors (Lipinski definition) is 4. The van der Waals surface area contributed by atoms with Crippen LogP contribution < -0.4 is 14.4 Å². The van der Waals surface area contributed by atoms with Gasteiger partial charge in [-0.1, -0.05) is 20.8 Å². The minimum atomic E-state index is -0.430. The molecule has 0 aromatic heterocycles. The van der Waals surface area contributed by atoms with E-state index in [1.807, 2.05) is 31.7 Å². The third-order valence-corrected chi connectivity index (χ3v) is 4.78. The van der Waals surface area contributed by atoms with Crippen LogP contribution in [0.25, 0.3) is 0 Å². The van der Waals surface area contributed by atoms with Crippen LogP contribution in [-0.2, 0) is 9.59 Å². The van der Waals surface area contributed by atoms with Crippen molar-refractivity contribution in [2.45, 2.75) is 33.6 Å². The third kappa shape index (κ3) is 4.29. The standard InChI is InChI=1S/C20H30N2O4/c1-20(2,3)19(24)22-11-7-8-14(13-22)18(23)21(4)15-9-10-16(25-5)17(12-15)26-6/h9-10,12,14H,7-8,11,13H2,1-6H3. The molecular formula is C20H30N2O4. The Balaban J connectivity index is 2.13. The maximum Gasteiger partial charge on any atom is 0.231 e. The Morgan fingerprint density at radius 2 is 1.81 bits per heavy atom. The first-order valence-corrected chi connectivity index (χ1v) is 8.98. The number of likely N-dealkylation sites (tertiary alicyclic amines) is 1. The molecule has 2 rings (SSSR count). The van der Waals surface area contributed by atoms with Crippen LogP contribution in [0.15, 0.2) is 18.2 Å². The van der Waals surface area contributed by atoms with Crippen LogP contribution in [-0.4, -0.2) is 51.1 Å². The SMILES string of the molecule is COc1ccc(N(C)C(=O)C2CCCN(C(=O)C(C)(C)C)C2)cc1OC.